The third-order valence-electron chi connectivity index (χ3n) is 2.08. The predicted octanol–water partition coefficient (Wildman–Crippen LogP) is 0.203. The van der Waals surface area contributed by atoms with Crippen molar-refractivity contribution in [1.82, 2.24) is 14.7 Å². The van der Waals surface area contributed by atoms with Crippen molar-refractivity contribution in [3.63, 3.8) is 0 Å². The van der Waals surface area contributed by atoms with Gasteiger partial charge in [-0.15, -0.1) is 12.4 Å². The third kappa shape index (κ3) is 3.40. The van der Waals surface area contributed by atoms with Crippen molar-refractivity contribution in [3.05, 3.63) is 46.5 Å². The van der Waals surface area contributed by atoms with Crippen LogP contribution < -0.4 is 11.3 Å². The summed E-state index contributed by atoms with van der Waals surface area (Å²) in [6, 6.07) is 4.95. The first-order valence-electron chi connectivity index (χ1n) is 4.96. The Morgan fingerprint density at radius 2 is 2.24 bits per heavy atom. The number of hydrogen-bond acceptors (Lipinski definition) is 5. The molecule has 0 bridgehead atoms. The first kappa shape index (κ1) is 13.4. The van der Waals surface area contributed by atoms with Crippen LogP contribution in [0.5, 0.6) is 0 Å². The molecule has 0 aliphatic heterocycles. The molecule has 0 aliphatic carbocycles. The zero-order chi connectivity index (χ0) is 11.4. The Labute approximate surface area is 104 Å². The first-order valence-corrected chi connectivity index (χ1v) is 4.96. The van der Waals surface area contributed by atoms with E-state index in [1.54, 1.807) is 18.3 Å². The largest absolute Gasteiger partial charge is 0.337 e. The van der Waals surface area contributed by atoms with E-state index in [0.717, 1.165) is 0 Å². The Kier molecular flexibility index (Phi) is 4.86. The van der Waals surface area contributed by atoms with Crippen LogP contribution in [-0.2, 0) is 13.0 Å². The number of rotatable bonds is 4. The van der Waals surface area contributed by atoms with Crippen molar-refractivity contribution >= 4 is 12.4 Å². The molecule has 2 aromatic heterocycles. The fourth-order valence-electron chi connectivity index (χ4n) is 1.32. The lowest BCUT2D eigenvalue weighted by Crippen LogP contribution is -2.18. The molecule has 0 amide bonds. The van der Waals surface area contributed by atoms with Gasteiger partial charge in [0, 0.05) is 18.7 Å². The molecule has 17 heavy (non-hydrogen) atoms. The Hall–Kier alpha value is -1.66. The topological polar surface area (TPSA) is 86.9 Å². The highest BCUT2D eigenvalue weighted by Gasteiger charge is 2.06. The Morgan fingerprint density at radius 3 is 2.94 bits per heavy atom. The summed E-state index contributed by atoms with van der Waals surface area (Å²) in [6.45, 7) is 0.765. The highest BCUT2D eigenvalue weighted by atomic mass is 35.5. The fourth-order valence-corrected chi connectivity index (χ4v) is 1.32. The van der Waals surface area contributed by atoms with E-state index in [-0.39, 0.29) is 24.5 Å². The van der Waals surface area contributed by atoms with E-state index in [2.05, 4.69) is 10.1 Å². The molecular formula is C10H13ClN4O2. The highest BCUT2D eigenvalue weighted by molar-refractivity contribution is 5.85. The minimum atomic E-state index is -0.0962. The molecule has 2 N–H and O–H groups in total. The Bertz CT molecular complexity index is 523. The van der Waals surface area contributed by atoms with E-state index in [0.29, 0.717) is 24.7 Å². The molecule has 0 unspecified atom stereocenters. The molecule has 0 atom stereocenters. The summed E-state index contributed by atoms with van der Waals surface area (Å²) in [5, 5.41) is 3.75. The standard InChI is InChI=1S/C10H12N4O2.ClH/c11-5-4-8-12-9(16-13-8)7-14-6-2-1-3-10(14)15;/h1-3,6H,4-5,7,11H2;1H. The maximum absolute atomic E-state index is 11.4. The molecule has 0 spiro atoms. The van der Waals surface area contributed by atoms with Crippen molar-refractivity contribution in [2.75, 3.05) is 6.54 Å². The van der Waals surface area contributed by atoms with Crippen LogP contribution in [0, 0.1) is 0 Å². The van der Waals surface area contributed by atoms with Gasteiger partial charge in [-0.05, 0) is 12.6 Å². The summed E-state index contributed by atoms with van der Waals surface area (Å²) in [5.41, 5.74) is 5.27. The van der Waals surface area contributed by atoms with Gasteiger partial charge in [-0.2, -0.15) is 4.98 Å². The second-order valence-electron chi connectivity index (χ2n) is 3.31. The molecule has 0 saturated carbocycles. The number of hydrogen-bond donors (Lipinski definition) is 1. The molecule has 0 radical (unpaired) electrons. The van der Waals surface area contributed by atoms with E-state index in [9.17, 15) is 4.79 Å². The van der Waals surface area contributed by atoms with Crippen LogP contribution in [0.15, 0.2) is 33.7 Å². The molecule has 2 rings (SSSR count). The monoisotopic (exact) mass is 256 g/mol. The second kappa shape index (κ2) is 6.17. The summed E-state index contributed by atoms with van der Waals surface area (Å²) in [7, 11) is 0. The van der Waals surface area contributed by atoms with Gasteiger partial charge in [0.1, 0.15) is 6.54 Å². The number of nitrogens with two attached hydrogens (primary N) is 1. The third-order valence-corrected chi connectivity index (χ3v) is 2.08. The van der Waals surface area contributed by atoms with E-state index < -0.39 is 0 Å². The minimum Gasteiger partial charge on any atom is -0.337 e. The van der Waals surface area contributed by atoms with Crippen LogP contribution in [0.3, 0.4) is 0 Å². The van der Waals surface area contributed by atoms with Crippen molar-refractivity contribution in [3.8, 4) is 0 Å². The predicted molar refractivity (Wildman–Crippen MR) is 64.1 cm³/mol. The van der Waals surface area contributed by atoms with Gasteiger partial charge in [-0.3, -0.25) is 4.79 Å². The highest BCUT2D eigenvalue weighted by Crippen LogP contribution is 1.99. The lowest BCUT2D eigenvalue weighted by molar-refractivity contribution is 0.365. The zero-order valence-corrected chi connectivity index (χ0v) is 9.89. The normalized spacial score (nSPS) is 9.94. The average Bonchev–Trinajstić information content (AvgIpc) is 2.70. The van der Waals surface area contributed by atoms with Gasteiger partial charge < -0.3 is 14.8 Å². The van der Waals surface area contributed by atoms with E-state index >= 15 is 0 Å². The van der Waals surface area contributed by atoms with Gasteiger partial charge in [-0.1, -0.05) is 11.2 Å². The summed E-state index contributed by atoms with van der Waals surface area (Å²) in [6.07, 6.45) is 2.25. The molecule has 0 fully saturated rings. The molecule has 2 aromatic rings. The van der Waals surface area contributed by atoms with Crippen molar-refractivity contribution in [1.29, 1.82) is 0 Å². The quantitative estimate of drug-likeness (QED) is 0.845. The maximum Gasteiger partial charge on any atom is 0.250 e. The SMILES string of the molecule is Cl.NCCc1noc(Cn2ccccc2=O)n1. The molecule has 2 heterocycles. The van der Waals surface area contributed by atoms with Gasteiger partial charge in [0.2, 0.25) is 5.89 Å². The smallest absolute Gasteiger partial charge is 0.250 e. The van der Waals surface area contributed by atoms with Crippen LogP contribution in [0.1, 0.15) is 11.7 Å². The average molecular weight is 257 g/mol. The summed E-state index contributed by atoms with van der Waals surface area (Å²) in [4.78, 5) is 15.5. The number of halogens is 1. The van der Waals surface area contributed by atoms with Gasteiger partial charge in [0.05, 0.1) is 0 Å². The summed E-state index contributed by atoms with van der Waals surface area (Å²) < 4.78 is 6.50. The van der Waals surface area contributed by atoms with Gasteiger partial charge in [-0.25, -0.2) is 0 Å². The number of nitrogens with zero attached hydrogens (tertiary/aromatic N) is 3. The molecular weight excluding hydrogens is 244 g/mol. The van der Waals surface area contributed by atoms with E-state index in [1.807, 2.05) is 0 Å². The molecule has 92 valence electrons. The zero-order valence-electron chi connectivity index (χ0n) is 9.07. The van der Waals surface area contributed by atoms with Crippen LogP contribution in [0.4, 0.5) is 0 Å². The lowest BCUT2D eigenvalue weighted by atomic mass is 10.4. The lowest BCUT2D eigenvalue weighted by Gasteiger charge is -1.98. The fraction of sp³-hybridized carbons (Fsp3) is 0.300. The van der Waals surface area contributed by atoms with Crippen LogP contribution in [0.25, 0.3) is 0 Å². The van der Waals surface area contributed by atoms with Crippen molar-refractivity contribution in [2.45, 2.75) is 13.0 Å². The molecule has 0 aliphatic rings. The van der Waals surface area contributed by atoms with Gasteiger partial charge in [0.25, 0.3) is 5.56 Å². The summed E-state index contributed by atoms with van der Waals surface area (Å²) in [5.74, 6) is 0.984. The van der Waals surface area contributed by atoms with Gasteiger partial charge >= 0.3 is 0 Å². The molecule has 7 heteroatoms. The first-order chi connectivity index (χ1) is 7.79. The van der Waals surface area contributed by atoms with Gasteiger partial charge in [0.15, 0.2) is 5.82 Å². The van der Waals surface area contributed by atoms with Crippen LogP contribution in [0.2, 0.25) is 0 Å². The van der Waals surface area contributed by atoms with Crippen molar-refractivity contribution < 1.29 is 4.52 Å². The second-order valence-corrected chi connectivity index (χ2v) is 3.31. The van der Waals surface area contributed by atoms with Crippen molar-refractivity contribution in [2.24, 2.45) is 5.73 Å². The Morgan fingerprint density at radius 1 is 1.41 bits per heavy atom. The minimum absolute atomic E-state index is 0. The molecule has 0 saturated heterocycles. The number of aromatic nitrogens is 3. The van der Waals surface area contributed by atoms with E-state index in [4.69, 9.17) is 10.3 Å². The maximum atomic E-state index is 11.4. The van der Waals surface area contributed by atoms with E-state index in [1.165, 1.54) is 10.6 Å². The molecule has 0 aromatic carbocycles. The Balaban J connectivity index is 0.00000144. The molecule has 6 nitrogen and oxygen atoms in total. The van der Waals surface area contributed by atoms with Crippen LogP contribution in [-0.4, -0.2) is 21.3 Å². The summed E-state index contributed by atoms with van der Waals surface area (Å²) >= 11 is 0. The number of pyridine rings is 1. The van der Waals surface area contributed by atoms with Crippen LogP contribution >= 0.6 is 12.4 Å².